The van der Waals surface area contributed by atoms with E-state index in [2.05, 4.69) is 17.4 Å². The molecule has 0 aromatic heterocycles. The van der Waals surface area contributed by atoms with Gasteiger partial charge < -0.3 is 24.8 Å². The zero-order chi connectivity index (χ0) is 24.6. The van der Waals surface area contributed by atoms with Crippen molar-refractivity contribution < 1.29 is 29.0 Å². The molecule has 2 N–H and O–H groups in total. The van der Waals surface area contributed by atoms with E-state index in [0.29, 0.717) is 13.2 Å². The van der Waals surface area contributed by atoms with Gasteiger partial charge in [-0.3, -0.25) is 4.79 Å². The first-order valence-corrected chi connectivity index (χ1v) is 12.2. The molecule has 2 amide bonds. The number of carbonyl (C=O) groups excluding carboxylic acids is 2. The van der Waals surface area contributed by atoms with Crippen LogP contribution in [0.25, 0.3) is 11.1 Å². The largest absolute Gasteiger partial charge is 0.480 e. The van der Waals surface area contributed by atoms with Crippen molar-refractivity contribution in [1.82, 2.24) is 10.2 Å². The summed E-state index contributed by atoms with van der Waals surface area (Å²) in [5.74, 6) is -1.52. The predicted molar refractivity (Wildman–Crippen MR) is 128 cm³/mol. The standard InChI is InChI=1S/C27H30N2O6/c1-17(24(30)31)29(18-10-11-18)25(32)27(12-14-34-15-13-27)28-26(33)35-16-23-21-8-4-2-6-19(21)20-7-3-5-9-22(20)23/h2-9,17-18,23H,10-16H2,1H3,(H,28,33)(H,30,31). The summed E-state index contributed by atoms with van der Waals surface area (Å²) in [5.41, 5.74) is 3.24. The average molecular weight is 479 g/mol. The number of carboxylic acid groups (broad SMARTS) is 1. The van der Waals surface area contributed by atoms with E-state index >= 15 is 0 Å². The van der Waals surface area contributed by atoms with E-state index < -0.39 is 23.6 Å². The molecule has 35 heavy (non-hydrogen) atoms. The van der Waals surface area contributed by atoms with Crippen LogP contribution in [0.2, 0.25) is 0 Å². The smallest absolute Gasteiger partial charge is 0.408 e. The highest BCUT2D eigenvalue weighted by atomic mass is 16.5. The number of benzene rings is 2. The van der Waals surface area contributed by atoms with E-state index in [-0.39, 0.29) is 37.3 Å². The number of nitrogens with one attached hydrogen (secondary N) is 1. The minimum absolute atomic E-state index is 0.0931. The number of alkyl carbamates (subject to hydrolysis) is 1. The van der Waals surface area contributed by atoms with Gasteiger partial charge in [0, 0.05) is 38.0 Å². The molecule has 0 spiro atoms. The second kappa shape index (κ2) is 9.34. The van der Waals surface area contributed by atoms with Gasteiger partial charge in [0.15, 0.2) is 0 Å². The van der Waals surface area contributed by atoms with Crippen molar-refractivity contribution in [3.05, 3.63) is 59.7 Å². The fraction of sp³-hybridized carbons (Fsp3) is 0.444. The molecule has 0 bridgehead atoms. The topological polar surface area (TPSA) is 105 Å². The molecule has 2 fully saturated rings. The Balaban J connectivity index is 1.33. The second-order valence-electron chi connectivity index (χ2n) is 9.60. The third-order valence-corrected chi connectivity index (χ3v) is 7.39. The zero-order valence-electron chi connectivity index (χ0n) is 19.7. The van der Waals surface area contributed by atoms with Crippen LogP contribution >= 0.6 is 0 Å². The quantitative estimate of drug-likeness (QED) is 0.631. The zero-order valence-corrected chi connectivity index (χ0v) is 19.7. The van der Waals surface area contributed by atoms with E-state index in [1.54, 1.807) is 0 Å². The molecular formula is C27H30N2O6. The molecule has 1 aliphatic heterocycles. The molecule has 2 aromatic carbocycles. The summed E-state index contributed by atoms with van der Waals surface area (Å²) >= 11 is 0. The molecule has 5 rings (SSSR count). The number of hydrogen-bond donors (Lipinski definition) is 2. The summed E-state index contributed by atoms with van der Waals surface area (Å²) in [5, 5.41) is 12.4. The lowest BCUT2D eigenvalue weighted by Gasteiger charge is -2.41. The van der Waals surface area contributed by atoms with Gasteiger partial charge in [-0.05, 0) is 42.0 Å². The van der Waals surface area contributed by atoms with Crippen molar-refractivity contribution in [3.63, 3.8) is 0 Å². The minimum Gasteiger partial charge on any atom is -0.480 e. The van der Waals surface area contributed by atoms with E-state index in [9.17, 15) is 19.5 Å². The second-order valence-corrected chi connectivity index (χ2v) is 9.60. The highest BCUT2D eigenvalue weighted by molar-refractivity contribution is 5.93. The van der Waals surface area contributed by atoms with E-state index in [0.717, 1.165) is 35.1 Å². The molecule has 1 heterocycles. The Morgan fingerprint density at radius 2 is 1.63 bits per heavy atom. The molecular weight excluding hydrogens is 448 g/mol. The Morgan fingerprint density at radius 3 is 2.17 bits per heavy atom. The van der Waals surface area contributed by atoms with Crippen LogP contribution in [-0.2, 0) is 19.1 Å². The molecule has 1 saturated carbocycles. The number of aliphatic carboxylic acids is 1. The number of amides is 2. The number of carbonyl (C=O) groups is 3. The van der Waals surface area contributed by atoms with Gasteiger partial charge >= 0.3 is 12.1 Å². The van der Waals surface area contributed by atoms with E-state index in [1.165, 1.54) is 11.8 Å². The van der Waals surface area contributed by atoms with Crippen LogP contribution in [-0.4, -0.2) is 65.4 Å². The SMILES string of the molecule is CC(C(=O)O)N(C(=O)C1(NC(=O)OCC2c3ccccc3-c3ccccc32)CCOCC1)C1CC1. The molecule has 8 nitrogen and oxygen atoms in total. The number of fused-ring (bicyclic) bond motifs is 3. The number of carboxylic acids is 1. The third kappa shape index (κ3) is 4.38. The van der Waals surface area contributed by atoms with Gasteiger partial charge in [-0.2, -0.15) is 0 Å². The van der Waals surface area contributed by atoms with Crippen LogP contribution < -0.4 is 5.32 Å². The molecule has 1 unspecified atom stereocenters. The van der Waals surface area contributed by atoms with Gasteiger partial charge in [0.25, 0.3) is 0 Å². The first-order valence-electron chi connectivity index (χ1n) is 12.2. The Bertz CT molecular complexity index is 1090. The van der Waals surface area contributed by atoms with Crippen LogP contribution in [0.3, 0.4) is 0 Å². The molecule has 8 heteroatoms. The monoisotopic (exact) mass is 478 g/mol. The summed E-state index contributed by atoms with van der Waals surface area (Å²) < 4.78 is 11.2. The number of hydrogen-bond acceptors (Lipinski definition) is 5. The molecule has 0 radical (unpaired) electrons. The highest BCUT2D eigenvalue weighted by Gasteiger charge is 2.50. The Morgan fingerprint density at radius 1 is 1.06 bits per heavy atom. The molecule has 2 aromatic rings. The van der Waals surface area contributed by atoms with E-state index in [4.69, 9.17) is 9.47 Å². The summed E-state index contributed by atoms with van der Waals surface area (Å²) in [4.78, 5) is 39.9. The van der Waals surface area contributed by atoms with Crippen molar-refractivity contribution in [3.8, 4) is 11.1 Å². The minimum atomic E-state index is -1.24. The van der Waals surface area contributed by atoms with Gasteiger partial charge in [-0.25, -0.2) is 9.59 Å². The first kappa shape index (κ1) is 23.4. The van der Waals surface area contributed by atoms with Crippen LogP contribution in [0.1, 0.15) is 49.7 Å². The molecule has 184 valence electrons. The van der Waals surface area contributed by atoms with Gasteiger partial charge in [0.2, 0.25) is 5.91 Å². The first-order chi connectivity index (χ1) is 16.9. The Labute approximate surface area is 204 Å². The summed E-state index contributed by atoms with van der Waals surface area (Å²) in [6.07, 6.45) is 1.39. The average Bonchev–Trinajstić information content (AvgIpc) is 3.65. The fourth-order valence-corrected chi connectivity index (χ4v) is 5.32. The Kier molecular flexibility index (Phi) is 6.23. The summed E-state index contributed by atoms with van der Waals surface area (Å²) in [6.45, 7) is 2.25. The summed E-state index contributed by atoms with van der Waals surface area (Å²) in [7, 11) is 0. The lowest BCUT2D eigenvalue weighted by Crippen LogP contribution is -2.64. The number of ether oxygens (including phenoxy) is 2. The van der Waals surface area contributed by atoms with Crippen molar-refractivity contribution in [2.45, 2.75) is 56.1 Å². The highest BCUT2D eigenvalue weighted by Crippen LogP contribution is 2.44. The van der Waals surface area contributed by atoms with Gasteiger partial charge in [-0.1, -0.05) is 48.5 Å². The molecule has 1 saturated heterocycles. The van der Waals surface area contributed by atoms with Crippen molar-refractivity contribution in [2.75, 3.05) is 19.8 Å². The fourth-order valence-electron chi connectivity index (χ4n) is 5.32. The molecule has 2 aliphatic carbocycles. The maximum absolute atomic E-state index is 13.7. The van der Waals surface area contributed by atoms with Gasteiger partial charge in [-0.15, -0.1) is 0 Å². The van der Waals surface area contributed by atoms with Gasteiger partial charge in [0.1, 0.15) is 18.2 Å². The number of rotatable bonds is 7. The molecule has 3 aliphatic rings. The van der Waals surface area contributed by atoms with E-state index in [1.807, 2.05) is 36.4 Å². The van der Waals surface area contributed by atoms with Crippen LogP contribution in [0.4, 0.5) is 4.79 Å². The van der Waals surface area contributed by atoms with Crippen LogP contribution in [0, 0.1) is 0 Å². The normalized spacial score (nSPS) is 19.2. The predicted octanol–water partition coefficient (Wildman–Crippen LogP) is 3.54. The Hall–Kier alpha value is -3.39. The van der Waals surface area contributed by atoms with Crippen molar-refractivity contribution in [1.29, 1.82) is 0 Å². The maximum Gasteiger partial charge on any atom is 0.408 e. The third-order valence-electron chi connectivity index (χ3n) is 7.39. The van der Waals surface area contributed by atoms with Crippen LogP contribution in [0.15, 0.2) is 48.5 Å². The lowest BCUT2D eigenvalue weighted by atomic mass is 9.87. The lowest BCUT2D eigenvalue weighted by molar-refractivity contribution is -0.155. The van der Waals surface area contributed by atoms with Crippen LogP contribution in [0.5, 0.6) is 0 Å². The van der Waals surface area contributed by atoms with Crippen molar-refractivity contribution >= 4 is 18.0 Å². The molecule has 1 atom stereocenters. The number of nitrogens with zero attached hydrogens (tertiary/aromatic N) is 1. The maximum atomic E-state index is 13.7. The van der Waals surface area contributed by atoms with Gasteiger partial charge in [0.05, 0.1) is 0 Å². The van der Waals surface area contributed by atoms with Crippen molar-refractivity contribution in [2.24, 2.45) is 0 Å². The summed E-state index contributed by atoms with van der Waals surface area (Å²) in [6, 6.07) is 15.1.